The maximum Gasteiger partial charge on any atom is 0.179 e. The first kappa shape index (κ1) is 11.2. The van der Waals surface area contributed by atoms with Gasteiger partial charge in [-0.15, -0.1) is 0 Å². The molecule has 2 aliphatic rings. The molecule has 1 aromatic rings. The molecule has 2 unspecified atom stereocenters. The van der Waals surface area contributed by atoms with Crippen LogP contribution in [0.5, 0.6) is 11.5 Å². The molecular weight excluding hydrogens is 238 g/mol. The Balaban J connectivity index is 1.92. The summed E-state index contributed by atoms with van der Waals surface area (Å²) in [7, 11) is 0. The molecule has 1 fully saturated rings. The van der Waals surface area contributed by atoms with E-state index in [1.54, 1.807) is 0 Å². The van der Waals surface area contributed by atoms with E-state index in [4.69, 9.17) is 26.8 Å². The highest BCUT2D eigenvalue weighted by atomic mass is 35.5. The van der Waals surface area contributed by atoms with Gasteiger partial charge < -0.3 is 15.2 Å². The molecule has 0 radical (unpaired) electrons. The molecule has 0 aromatic heterocycles. The van der Waals surface area contributed by atoms with Gasteiger partial charge in [0.05, 0.1) is 18.2 Å². The van der Waals surface area contributed by atoms with Gasteiger partial charge in [0.1, 0.15) is 0 Å². The zero-order valence-corrected chi connectivity index (χ0v) is 10.4. The van der Waals surface area contributed by atoms with E-state index in [1.165, 1.54) is 5.56 Å². The van der Waals surface area contributed by atoms with Crippen molar-refractivity contribution < 1.29 is 9.47 Å². The van der Waals surface area contributed by atoms with Gasteiger partial charge in [0.2, 0.25) is 0 Å². The highest BCUT2D eigenvalue weighted by Crippen LogP contribution is 2.50. The average Bonchev–Trinajstić information content (AvgIpc) is 3.12. The summed E-state index contributed by atoms with van der Waals surface area (Å²) in [5.74, 6) is 2.64. The number of benzene rings is 1. The van der Waals surface area contributed by atoms with Gasteiger partial charge in [-0.1, -0.05) is 11.6 Å². The lowest BCUT2D eigenvalue weighted by atomic mass is 10.1. The van der Waals surface area contributed by atoms with E-state index < -0.39 is 0 Å². The van der Waals surface area contributed by atoms with Crippen LogP contribution in [0.15, 0.2) is 12.1 Å². The highest BCUT2D eigenvalue weighted by molar-refractivity contribution is 6.32. The second-order valence-corrected chi connectivity index (χ2v) is 5.13. The minimum atomic E-state index is 0.551. The average molecular weight is 254 g/mol. The molecular formula is C13H16ClNO2. The summed E-state index contributed by atoms with van der Waals surface area (Å²) in [6.45, 7) is 2.11. The van der Waals surface area contributed by atoms with Crippen molar-refractivity contribution in [1.29, 1.82) is 0 Å². The molecule has 1 heterocycles. The Morgan fingerprint density at radius 3 is 2.88 bits per heavy atom. The predicted octanol–water partition coefficient (Wildman–Crippen LogP) is 2.56. The van der Waals surface area contributed by atoms with Gasteiger partial charge in [0.15, 0.2) is 11.5 Å². The Bertz CT molecular complexity index is 436. The number of nitrogens with two attached hydrogens (primary N) is 1. The molecule has 2 N–H and O–H groups in total. The van der Waals surface area contributed by atoms with Crippen LogP contribution in [0.3, 0.4) is 0 Å². The van der Waals surface area contributed by atoms with Gasteiger partial charge in [-0.05, 0) is 42.5 Å². The fourth-order valence-electron chi connectivity index (χ4n) is 2.38. The molecule has 3 nitrogen and oxygen atoms in total. The van der Waals surface area contributed by atoms with E-state index >= 15 is 0 Å². The lowest BCUT2D eigenvalue weighted by Crippen LogP contribution is -2.02. The van der Waals surface area contributed by atoms with Gasteiger partial charge in [-0.3, -0.25) is 0 Å². The molecule has 1 aliphatic carbocycles. The number of rotatable bonds is 2. The Kier molecular flexibility index (Phi) is 2.89. The minimum absolute atomic E-state index is 0.551. The van der Waals surface area contributed by atoms with Crippen LogP contribution >= 0.6 is 11.6 Å². The van der Waals surface area contributed by atoms with Crippen molar-refractivity contribution in [2.75, 3.05) is 19.8 Å². The van der Waals surface area contributed by atoms with Crippen molar-refractivity contribution in [1.82, 2.24) is 0 Å². The number of halogens is 1. The van der Waals surface area contributed by atoms with Crippen molar-refractivity contribution in [2.45, 2.75) is 18.8 Å². The van der Waals surface area contributed by atoms with Crippen molar-refractivity contribution in [2.24, 2.45) is 11.7 Å². The van der Waals surface area contributed by atoms with Gasteiger partial charge in [0, 0.05) is 6.42 Å². The molecule has 1 saturated carbocycles. The van der Waals surface area contributed by atoms with Crippen LogP contribution in [0.25, 0.3) is 0 Å². The first-order chi connectivity index (χ1) is 8.29. The Labute approximate surface area is 106 Å². The lowest BCUT2D eigenvalue weighted by molar-refractivity contribution is 0.297. The Morgan fingerprint density at radius 2 is 2.12 bits per heavy atom. The van der Waals surface area contributed by atoms with E-state index in [0.717, 1.165) is 25.1 Å². The summed E-state index contributed by atoms with van der Waals surface area (Å²) in [4.78, 5) is 0. The molecule has 92 valence electrons. The summed E-state index contributed by atoms with van der Waals surface area (Å²) >= 11 is 6.25. The zero-order chi connectivity index (χ0) is 11.8. The standard InChI is InChI=1S/C13H16ClNO2/c14-11-5-8(10-4-9(10)7-15)6-12-13(11)17-3-1-2-16-12/h5-6,9-10H,1-4,7,15H2. The van der Waals surface area contributed by atoms with Gasteiger partial charge in [-0.25, -0.2) is 0 Å². The van der Waals surface area contributed by atoms with Crippen molar-refractivity contribution in [3.63, 3.8) is 0 Å². The Morgan fingerprint density at radius 1 is 1.29 bits per heavy atom. The first-order valence-corrected chi connectivity index (χ1v) is 6.46. The minimum Gasteiger partial charge on any atom is -0.489 e. The van der Waals surface area contributed by atoms with Crippen LogP contribution in [0, 0.1) is 5.92 Å². The highest BCUT2D eigenvalue weighted by Gasteiger charge is 2.37. The van der Waals surface area contributed by atoms with Crippen molar-refractivity contribution in [3.05, 3.63) is 22.7 Å². The molecule has 0 amide bonds. The second-order valence-electron chi connectivity index (χ2n) is 4.72. The van der Waals surface area contributed by atoms with Crippen LogP contribution in [-0.4, -0.2) is 19.8 Å². The maximum absolute atomic E-state index is 6.25. The molecule has 17 heavy (non-hydrogen) atoms. The van der Waals surface area contributed by atoms with Gasteiger partial charge >= 0.3 is 0 Å². The molecule has 0 saturated heterocycles. The first-order valence-electron chi connectivity index (χ1n) is 6.08. The monoisotopic (exact) mass is 253 g/mol. The van der Waals surface area contributed by atoms with Crippen molar-refractivity contribution >= 4 is 11.6 Å². The lowest BCUT2D eigenvalue weighted by Gasteiger charge is -2.11. The molecule has 0 spiro atoms. The molecule has 1 aromatic carbocycles. The fourth-order valence-corrected chi connectivity index (χ4v) is 2.65. The quantitative estimate of drug-likeness (QED) is 0.881. The molecule has 4 heteroatoms. The third-order valence-corrected chi connectivity index (χ3v) is 3.76. The largest absolute Gasteiger partial charge is 0.489 e. The van der Waals surface area contributed by atoms with Crippen LogP contribution in [0.4, 0.5) is 0 Å². The zero-order valence-electron chi connectivity index (χ0n) is 9.62. The Hall–Kier alpha value is -0.930. The van der Waals surface area contributed by atoms with E-state index in [2.05, 4.69) is 6.07 Å². The smallest absolute Gasteiger partial charge is 0.179 e. The predicted molar refractivity (Wildman–Crippen MR) is 67.0 cm³/mol. The molecule has 1 aliphatic heterocycles. The van der Waals surface area contributed by atoms with E-state index in [0.29, 0.717) is 35.8 Å². The van der Waals surface area contributed by atoms with E-state index in [1.807, 2.05) is 6.07 Å². The van der Waals surface area contributed by atoms with Gasteiger partial charge in [-0.2, -0.15) is 0 Å². The molecule has 2 atom stereocenters. The number of fused-ring (bicyclic) bond motifs is 1. The summed E-state index contributed by atoms with van der Waals surface area (Å²) in [6.07, 6.45) is 2.06. The number of hydrogen-bond acceptors (Lipinski definition) is 3. The summed E-state index contributed by atoms with van der Waals surface area (Å²) in [5, 5.41) is 0.655. The number of ether oxygens (including phenoxy) is 2. The molecule has 0 bridgehead atoms. The van der Waals surface area contributed by atoms with Crippen LogP contribution in [-0.2, 0) is 0 Å². The third-order valence-electron chi connectivity index (χ3n) is 3.48. The van der Waals surface area contributed by atoms with Crippen molar-refractivity contribution in [3.8, 4) is 11.5 Å². The third kappa shape index (κ3) is 2.09. The fraction of sp³-hybridized carbons (Fsp3) is 0.538. The topological polar surface area (TPSA) is 44.5 Å². The van der Waals surface area contributed by atoms with Crippen LogP contribution in [0.2, 0.25) is 5.02 Å². The summed E-state index contributed by atoms with van der Waals surface area (Å²) < 4.78 is 11.3. The van der Waals surface area contributed by atoms with Gasteiger partial charge in [0.25, 0.3) is 0 Å². The number of hydrogen-bond donors (Lipinski definition) is 1. The summed E-state index contributed by atoms with van der Waals surface area (Å²) in [5.41, 5.74) is 6.90. The van der Waals surface area contributed by atoms with E-state index in [9.17, 15) is 0 Å². The molecule has 3 rings (SSSR count). The van der Waals surface area contributed by atoms with Crippen LogP contribution in [0.1, 0.15) is 24.3 Å². The normalized spacial score (nSPS) is 26.5. The maximum atomic E-state index is 6.25. The SMILES string of the molecule is NCC1CC1c1cc(Cl)c2c(c1)OCCCO2. The van der Waals surface area contributed by atoms with E-state index in [-0.39, 0.29) is 0 Å². The second kappa shape index (κ2) is 4.39. The summed E-state index contributed by atoms with van der Waals surface area (Å²) in [6, 6.07) is 4.06. The van der Waals surface area contributed by atoms with Crippen LogP contribution < -0.4 is 15.2 Å².